The number of hydrogen-bond donors (Lipinski definition) is 1. The van der Waals surface area contributed by atoms with Gasteiger partial charge in [0.15, 0.2) is 0 Å². The number of rotatable bonds is 4. The summed E-state index contributed by atoms with van der Waals surface area (Å²) in [6.45, 7) is 4.51. The summed E-state index contributed by atoms with van der Waals surface area (Å²) in [4.78, 5) is 6.72. The fourth-order valence-corrected chi connectivity index (χ4v) is 5.96. The first-order valence-corrected chi connectivity index (χ1v) is 10.4. The monoisotopic (exact) mass is 364 g/mol. The Balaban J connectivity index is 1.37. The summed E-state index contributed by atoms with van der Waals surface area (Å²) in [7, 11) is -3.32. The summed E-state index contributed by atoms with van der Waals surface area (Å²) < 4.78 is 27.2. The molecule has 0 aliphatic carbocycles. The second-order valence-corrected chi connectivity index (χ2v) is 9.27. The molecule has 1 fully saturated rings. The fourth-order valence-electron chi connectivity index (χ4n) is 3.39. The van der Waals surface area contributed by atoms with Gasteiger partial charge in [-0.2, -0.15) is 4.31 Å². The van der Waals surface area contributed by atoms with Crippen molar-refractivity contribution in [1.82, 2.24) is 14.2 Å². The predicted octanol–water partition coefficient (Wildman–Crippen LogP) is 1.66. The van der Waals surface area contributed by atoms with E-state index in [0.717, 1.165) is 32.0 Å². The van der Waals surface area contributed by atoms with Crippen molar-refractivity contribution in [3.63, 3.8) is 0 Å². The Morgan fingerprint density at radius 1 is 1.21 bits per heavy atom. The maximum Gasteiger partial charge on any atom is 0.252 e. The van der Waals surface area contributed by atoms with E-state index in [2.05, 4.69) is 21.3 Å². The highest BCUT2D eigenvalue weighted by Gasteiger charge is 2.31. The first-order valence-electron chi connectivity index (χ1n) is 8.09. The van der Waals surface area contributed by atoms with Crippen LogP contribution in [0.5, 0.6) is 0 Å². The van der Waals surface area contributed by atoms with Crippen LogP contribution in [0.25, 0.3) is 0 Å². The molecule has 128 valence electrons. The van der Waals surface area contributed by atoms with E-state index in [1.54, 1.807) is 16.4 Å². The van der Waals surface area contributed by atoms with E-state index < -0.39 is 10.0 Å². The molecular weight excluding hydrogens is 344 g/mol. The molecule has 4 heterocycles. The summed E-state index contributed by atoms with van der Waals surface area (Å²) in [5, 5.41) is 5.16. The van der Waals surface area contributed by atoms with Crippen LogP contribution in [0.1, 0.15) is 11.5 Å². The average Bonchev–Trinajstić information content (AvgIpc) is 3.26. The molecule has 1 atom stereocenters. The third-order valence-corrected chi connectivity index (χ3v) is 7.97. The molecule has 1 saturated heterocycles. The standard InChI is InChI=1S/C16H20N4O2S2/c21-24(22,15-4-2-10-23-15)20-8-6-19(7-9-20)12-13-11-18-16-14(13)3-1-5-17-16/h1-5,10,13H,6-9,11-12H2,(H,17,18). The molecule has 0 aromatic carbocycles. The summed E-state index contributed by atoms with van der Waals surface area (Å²) >= 11 is 1.28. The van der Waals surface area contributed by atoms with Crippen LogP contribution in [-0.4, -0.2) is 61.9 Å². The molecular formula is C16H20N4O2S2. The van der Waals surface area contributed by atoms with Crippen LogP contribution in [0, 0.1) is 0 Å². The third kappa shape index (κ3) is 2.95. The van der Waals surface area contributed by atoms with Gasteiger partial charge in [0.25, 0.3) is 10.0 Å². The molecule has 2 aliphatic rings. The minimum absolute atomic E-state index is 0.425. The van der Waals surface area contributed by atoms with Gasteiger partial charge in [-0.05, 0) is 17.5 Å². The lowest BCUT2D eigenvalue weighted by Gasteiger charge is -2.34. The summed E-state index contributed by atoms with van der Waals surface area (Å²) in [6, 6.07) is 7.57. The zero-order valence-electron chi connectivity index (χ0n) is 13.3. The van der Waals surface area contributed by atoms with E-state index in [-0.39, 0.29) is 0 Å². The summed E-state index contributed by atoms with van der Waals surface area (Å²) in [5.74, 6) is 1.41. The first kappa shape index (κ1) is 16.0. The first-order chi connectivity index (χ1) is 11.6. The number of piperazine rings is 1. The summed E-state index contributed by atoms with van der Waals surface area (Å²) in [5.41, 5.74) is 1.27. The van der Waals surface area contributed by atoms with Crippen LogP contribution in [0.2, 0.25) is 0 Å². The van der Waals surface area contributed by atoms with Crippen molar-refractivity contribution in [2.24, 2.45) is 0 Å². The summed E-state index contributed by atoms with van der Waals surface area (Å²) in [6.07, 6.45) is 1.81. The van der Waals surface area contributed by atoms with E-state index >= 15 is 0 Å². The number of hydrogen-bond acceptors (Lipinski definition) is 6. The second kappa shape index (κ2) is 6.44. The van der Waals surface area contributed by atoms with Gasteiger partial charge in [0, 0.05) is 56.9 Å². The number of anilines is 1. The maximum absolute atomic E-state index is 12.6. The van der Waals surface area contributed by atoms with Gasteiger partial charge < -0.3 is 10.2 Å². The predicted molar refractivity (Wildman–Crippen MR) is 95.0 cm³/mol. The molecule has 24 heavy (non-hydrogen) atoms. The van der Waals surface area contributed by atoms with E-state index in [9.17, 15) is 8.42 Å². The quantitative estimate of drug-likeness (QED) is 0.894. The molecule has 4 rings (SSSR count). The lowest BCUT2D eigenvalue weighted by molar-refractivity contribution is 0.181. The Morgan fingerprint density at radius 2 is 2.04 bits per heavy atom. The van der Waals surface area contributed by atoms with Gasteiger partial charge in [0.1, 0.15) is 10.0 Å². The highest BCUT2D eigenvalue weighted by molar-refractivity contribution is 7.91. The number of pyridine rings is 1. The van der Waals surface area contributed by atoms with Crippen LogP contribution in [-0.2, 0) is 10.0 Å². The number of thiophene rings is 1. The van der Waals surface area contributed by atoms with Crippen molar-refractivity contribution < 1.29 is 8.42 Å². The number of nitrogens with one attached hydrogen (secondary N) is 1. The molecule has 0 amide bonds. The minimum atomic E-state index is -3.32. The minimum Gasteiger partial charge on any atom is -0.369 e. The zero-order chi connectivity index (χ0) is 16.6. The Kier molecular flexibility index (Phi) is 4.29. The SMILES string of the molecule is O=S(=O)(c1cccs1)N1CCN(CC2CNc3ncccc32)CC1. The molecule has 1 N–H and O–H groups in total. The lowest BCUT2D eigenvalue weighted by atomic mass is 10.0. The van der Waals surface area contributed by atoms with Crippen molar-refractivity contribution in [2.45, 2.75) is 10.1 Å². The molecule has 1 unspecified atom stereocenters. The van der Waals surface area contributed by atoms with Crippen molar-refractivity contribution in [3.8, 4) is 0 Å². The molecule has 8 heteroatoms. The maximum atomic E-state index is 12.6. The van der Waals surface area contributed by atoms with Crippen molar-refractivity contribution >= 4 is 27.2 Å². The van der Waals surface area contributed by atoms with Gasteiger partial charge in [0.05, 0.1) is 0 Å². The van der Waals surface area contributed by atoms with E-state index in [1.807, 2.05) is 17.6 Å². The van der Waals surface area contributed by atoms with Crippen molar-refractivity contribution in [2.75, 3.05) is 44.6 Å². The molecule has 6 nitrogen and oxygen atoms in total. The highest BCUT2D eigenvalue weighted by atomic mass is 32.2. The Bertz CT molecular complexity index is 799. The van der Waals surface area contributed by atoms with Crippen LogP contribution < -0.4 is 5.32 Å². The highest BCUT2D eigenvalue weighted by Crippen LogP contribution is 2.30. The molecule has 0 spiro atoms. The van der Waals surface area contributed by atoms with E-state index in [4.69, 9.17) is 0 Å². The molecule has 0 bridgehead atoms. The van der Waals surface area contributed by atoms with E-state index in [1.165, 1.54) is 16.9 Å². The fraction of sp³-hybridized carbons (Fsp3) is 0.438. The van der Waals surface area contributed by atoms with Crippen LogP contribution in [0.3, 0.4) is 0 Å². The normalized spacial score (nSPS) is 22.2. The Hall–Kier alpha value is -1.48. The van der Waals surface area contributed by atoms with Gasteiger partial charge in [-0.3, -0.25) is 0 Å². The zero-order valence-corrected chi connectivity index (χ0v) is 14.9. The van der Waals surface area contributed by atoms with Crippen molar-refractivity contribution in [3.05, 3.63) is 41.4 Å². The van der Waals surface area contributed by atoms with Gasteiger partial charge in [-0.25, -0.2) is 13.4 Å². The number of fused-ring (bicyclic) bond motifs is 1. The Labute approximate surface area is 146 Å². The third-order valence-electron chi connectivity index (χ3n) is 4.69. The van der Waals surface area contributed by atoms with Gasteiger partial charge >= 0.3 is 0 Å². The van der Waals surface area contributed by atoms with Gasteiger partial charge in [-0.15, -0.1) is 11.3 Å². The smallest absolute Gasteiger partial charge is 0.252 e. The molecule has 0 radical (unpaired) electrons. The van der Waals surface area contributed by atoms with Crippen LogP contribution in [0.15, 0.2) is 40.1 Å². The number of nitrogens with zero attached hydrogens (tertiary/aromatic N) is 3. The van der Waals surface area contributed by atoms with Crippen molar-refractivity contribution in [1.29, 1.82) is 0 Å². The second-order valence-electron chi connectivity index (χ2n) is 6.16. The number of aromatic nitrogens is 1. The molecule has 2 aliphatic heterocycles. The largest absolute Gasteiger partial charge is 0.369 e. The van der Waals surface area contributed by atoms with Crippen LogP contribution in [0.4, 0.5) is 5.82 Å². The lowest BCUT2D eigenvalue weighted by Crippen LogP contribution is -2.49. The van der Waals surface area contributed by atoms with Gasteiger partial charge in [0.2, 0.25) is 0 Å². The van der Waals surface area contributed by atoms with Gasteiger partial charge in [-0.1, -0.05) is 12.1 Å². The molecule has 0 saturated carbocycles. The topological polar surface area (TPSA) is 65.5 Å². The average molecular weight is 364 g/mol. The van der Waals surface area contributed by atoms with E-state index in [0.29, 0.717) is 23.2 Å². The molecule has 2 aromatic heterocycles. The van der Waals surface area contributed by atoms with Crippen LogP contribution >= 0.6 is 11.3 Å². The Morgan fingerprint density at radius 3 is 2.79 bits per heavy atom. The molecule has 2 aromatic rings. The number of sulfonamides is 1.